The maximum atomic E-state index is 11.8. The molecular formula is C16H34N4O3. The third kappa shape index (κ3) is 12.0. The molecule has 0 fully saturated rings. The van der Waals surface area contributed by atoms with E-state index in [4.69, 9.17) is 0 Å². The molecule has 0 saturated carbocycles. The molecule has 0 heterocycles. The SMILES string of the molecule is [CH2-][NH2+][C@H](C)CC(=O)NCCCC[C@@H](CO)NC(=O)C[C@@H](C)[NH2+][CH2-]. The number of nitrogens with one attached hydrogen (secondary N) is 2. The lowest BCUT2D eigenvalue weighted by atomic mass is 10.1. The first-order valence-corrected chi connectivity index (χ1v) is 8.34. The molecule has 0 aliphatic rings. The van der Waals surface area contributed by atoms with Crippen molar-refractivity contribution in [3.63, 3.8) is 0 Å². The standard InChI is InChI=1S/C16H34N4O3/c1-12(17-3)9-15(22)19-8-6-5-7-14(11-21)20-16(23)10-13(2)18-4/h12-14,21H,3-11,17-18H2,1-2H3,(H,19,22)(H,20,23)/t12-,13-,14+/m1/s1. The van der Waals surface area contributed by atoms with E-state index in [0.29, 0.717) is 25.8 Å². The van der Waals surface area contributed by atoms with Crippen LogP contribution in [0.5, 0.6) is 0 Å². The molecule has 7 N–H and O–H groups in total. The minimum Gasteiger partial charge on any atom is -0.476 e. The molecule has 0 aromatic rings. The Bertz CT molecular complexity index is 339. The van der Waals surface area contributed by atoms with Crippen LogP contribution in [0.15, 0.2) is 0 Å². The van der Waals surface area contributed by atoms with E-state index in [1.165, 1.54) is 0 Å². The van der Waals surface area contributed by atoms with E-state index in [1.54, 1.807) is 10.6 Å². The highest BCUT2D eigenvalue weighted by Crippen LogP contribution is 2.01. The normalized spacial score (nSPS) is 14.8. The van der Waals surface area contributed by atoms with Crippen molar-refractivity contribution in [2.24, 2.45) is 0 Å². The van der Waals surface area contributed by atoms with Gasteiger partial charge in [-0.3, -0.25) is 9.59 Å². The summed E-state index contributed by atoms with van der Waals surface area (Å²) < 4.78 is 0. The first-order chi connectivity index (χ1) is 10.9. The summed E-state index contributed by atoms with van der Waals surface area (Å²) in [7, 11) is 7.31. The summed E-state index contributed by atoms with van der Waals surface area (Å²) in [6.07, 6.45) is 3.20. The van der Waals surface area contributed by atoms with Crippen LogP contribution in [0, 0.1) is 14.1 Å². The fraction of sp³-hybridized carbons (Fsp3) is 0.750. The molecule has 0 aromatic heterocycles. The monoisotopic (exact) mass is 330 g/mol. The zero-order valence-electron chi connectivity index (χ0n) is 14.5. The third-order valence-corrected chi connectivity index (χ3v) is 3.71. The maximum Gasteiger partial charge on any atom is 0.226 e. The van der Waals surface area contributed by atoms with Gasteiger partial charge in [-0.25, -0.2) is 0 Å². The first kappa shape index (κ1) is 21.8. The number of carbonyl (C=O) groups excluding carboxylic acids is 2. The smallest absolute Gasteiger partial charge is 0.226 e. The Morgan fingerprint density at radius 2 is 1.61 bits per heavy atom. The van der Waals surface area contributed by atoms with Crippen molar-refractivity contribution in [2.45, 2.75) is 64.1 Å². The fourth-order valence-electron chi connectivity index (χ4n) is 2.06. The van der Waals surface area contributed by atoms with Crippen LogP contribution < -0.4 is 21.3 Å². The van der Waals surface area contributed by atoms with E-state index in [0.717, 1.165) is 12.8 Å². The second-order valence-corrected chi connectivity index (χ2v) is 6.13. The van der Waals surface area contributed by atoms with Crippen LogP contribution >= 0.6 is 0 Å². The largest absolute Gasteiger partial charge is 0.476 e. The van der Waals surface area contributed by atoms with Crippen LogP contribution in [-0.4, -0.2) is 48.2 Å². The molecule has 0 rings (SSSR count). The Balaban J connectivity index is 3.79. The summed E-state index contributed by atoms with van der Waals surface area (Å²) >= 11 is 0. The summed E-state index contributed by atoms with van der Waals surface area (Å²) in [5.74, 6) is -0.0361. The number of hydrogen-bond acceptors (Lipinski definition) is 3. The van der Waals surface area contributed by atoms with Crippen molar-refractivity contribution in [3.8, 4) is 0 Å². The van der Waals surface area contributed by atoms with E-state index in [9.17, 15) is 14.7 Å². The van der Waals surface area contributed by atoms with E-state index in [-0.39, 0.29) is 36.5 Å². The number of quaternary nitrogens is 2. The van der Waals surface area contributed by atoms with Gasteiger partial charge in [0, 0.05) is 6.54 Å². The predicted molar refractivity (Wildman–Crippen MR) is 88.6 cm³/mol. The molecule has 3 atom stereocenters. The third-order valence-electron chi connectivity index (χ3n) is 3.71. The molecule has 7 heteroatoms. The van der Waals surface area contributed by atoms with Crippen molar-refractivity contribution in [1.82, 2.24) is 10.6 Å². The van der Waals surface area contributed by atoms with E-state index in [2.05, 4.69) is 24.7 Å². The average Bonchev–Trinajstić information content (AvgIpc) is 2.52. The van der Waals surface area contributed by atoms with Crippen molar-refractivity contribution >= 4 is 11.8 Å². The number of nitrogens with two attached hydrogens (primary N) is 2. The molecule has 7 nitrogen and oxygen atoms in total. The van der Waals surface area contributed by atoms with Crippen LogP contribution in [0.1, 0.15) is 46.0 Å². The van der Waals surface area contributed by atoms with Gasteiger partial charge in [0.15, 0.2) is 0 Å². The molecule has 0 saturated heterocycles. The maximum absolute atomic E-state index is 11.8. The number of unbranched alkanes of at least 4 members (excludes halogenated alkanes) is 1. The van der Waals surface area contributed by atoms with Crippen molar-refractivity contribution < 1.29 is 25.3 Å². The zero-order chi connectivity index (χ0) is 17.7. The second-order valence-electron chi connectivity index (χ2n) is 6.13. The highest BCUT2D eigenvalue weighted by Gasteiger charge is 2.14. The Labute approximate surface area is 140 Å². The van der Waals surface area contributed by atoms with Gasteiger partial charge >= 0.3 is 0 Å². The number of amides is 2. The lowest BCUT2D eigenvalue weighted by Gasteiger charge is -2.18. The summed E-state index contributed by atoms with van der Waals surface area (Å²) in [6.45, 7) is 4.42. The summed E-state index contributed by atoms with van der Waals surface area (Å²) in [5, 5.41) is 18.5. The second kappa shape index (κ2) is 13.3. The van der Waals surface area contributed by atoms with Gasteiger partial charge in [0.2, 0.25) is 11.8 Å². The Morgan fingerprint density at radius 3 is 2.13 bits per heavy atom. The van der Waals surface area contributed by atoms with Crippen LogP contribution in [0.4, 0.5) is 0 Å². The lowest BCUT2D eigenvalue weighted by molar-refractivity contribution is -0.629. The minimum atomic E-state index is -0.226. The molecule has 2 amide bonds. The molecule has 23 heavy (non-hydrogen) atoms. The van der Waals surface area contributed by atoms with Gasteiger partial charge in [0.05, 0.1) is 37.6 Å². The van der Waals surface area contributed by atoms with Crippen molar-refractivity contribution in [1.29, 1.82) is 0 Å². The number of carbonyl (C=O) groups is 2. The van der Waals surface area contributed by atoms with Gasteiger partial charge in [0.1, 0.15) is 0 Å². The van der Waals surface area contributed by atoms with E-state index < -0.39 is 0 Å². The van der Waals surface area contributed by atoms with Gasteiger partial charge in [-0.2, -0.15) is 14.1 Å². The quantitative estimate of drug-likeness (QED) is 0.199. The lowest BCUT2D eigenvalue weighted by Crippen LogP contribution is -2.83. The van der Waals surface area contributed by atoms with E-state index >= 15 is 0 Å². The molecule has 0 radical (unpaired) electrons. The Kier molecular flexibility index (Phi) is 12.6. The molecule has 136 valence electrons. The van der Waals surface area contributed by atoms with Crippen molar-refractivity contribution in [3.05, 3.63) is 14.1 Å². The molecule has 0 aliphatic carbocycles. The fourth-order valence-corrected chi connectivity index (χ4v) is 2.06. The topological polar surface area (TPSA) is 112 Å². The Morgan fingerprint density at radius 1 is 1.04 bits per heavy atom. The highest BCUT2D eigenvalue weighted by molar-refractivity contribution is 5.76. The van der Waals surface area contributed by atoms with Crippen molar-refractivity contribution in [2.75, 3.05) is 13.2 Å². The molecular weight excluding hydrogens is 296 g/mol. The Hall–Kier alpha value is -1.18. The van der Waals surface area contributed by atoms with Crippen LogP contribution in [0.2, 0.25) is 0 Å². The van der Waals surface area contributed by atoms with Crippen LogP contribution in [-0.2, 0) is 9.59 Å². The van der Waals surface area contributed by atoms with Gasteiger partial charge < -0.3 is 26.4 Å². The minimum absolute atomic E-state index is 0.0304. The van der Waals surface area contributed by atoms with Crippen LogP contribution in [0.25, 0.3) is 0 Å². The summed E-state index contributed by atoms with van der Waals surface area (Å²) in [4.78, 5) is 23.3. The summed E-state index contributed by atoms with van der Waals surface area (Å²) in [6, 6.07) is 0.0838. The molecule has 0 aliphatic heterocycles. The predicted octanol–water partition coefficient (Wildman–Crippen LogP) is -1.98. The number of aliphatic hydroxyl groups excluding tert-OH is 1. The number of hydrogen-bond donors (Lipinski definition) is 5. The van der Waals surface area contributed by atoms with Crippen LogP contribution in [0.3, 0.4) is 0 Å². The molecule has 0 bridgehead atoms. The zero-order valence-corrected chi connectivity index (χ0v) is 14.5. The molecule has 0 aromatic carbocycles. The summed E-state index contributed by atoms with van der Waals surface area (Å²) in [5.41, 5.74) is 0. The van der Waals surface area contributed by atoms with Gasteiger partial charge in [-0.05, 0) is 33.1 Å². The first-order valence-electron chi connectivity index (χ1n) is 8.34. The van der Waals surface area contributed by atoms with Gasteiger partial charge in [-0.15, -0.1) is 0 Å². The number of aliphatic hydroxyl groups is 1. The highest BCUT2D eigenvalue weighted by atomic mass is 16.3. The van der Waals surface area contributed by atoms with Gasteiger partial charge in [-0.1, -0.05) is 0 Å². The molecule has 0 spiro atoms. The number of rotatable bonds is 13. The van der Waals surface area contributed by atoms with E-state index in [1.807, 2.05) is 13.8 Å². The van der Waals surface area contributed by atoms with Gasteiger partial charge in [0.25, 0.3) is 0 Å². The average molecular weight is 330 g/mol. The molecule has 0 unspecified atom stereocenters.